The van der Waals surface area contributed by atoms with E-state index in [0.717, 1.165) is 39.2 Å². The first-order valence-corrected chi connectivity index (χ1v) is 9.33. The number of fused-ring (bicyclic) bond motifs is 2. The van der Waals surface area contributed by atoms with Gasteiger partial charge in [-0.2, -0.15) is 5.10 Å². The number of hydrogen-bond acceptors (Lipinski definition) is 5. The molecule has 0 bridgehead atoms. The van der Waals surface area contributed by atoms with Gasteiger partial charge in [-0.15, -0.1) is 0 Å². The number of rotatable bonds is 4. The van der Waals surface area contributed by atoms with E-state index in [1.54, 1.807) is 24.7 Å². The van der Waals surface area contributed by atoms with Crippen LogP contribution >= 0.6 is 0 Å². The van der Waals surface area contributed by atoms with Crippen molar-refractivity contribution >= 4 is 28.2 Å². The zero-order valence-corrected chi connectivity index (χ0v) is 16.4. The van der Waals surface area contributed by atoms with Gasteiger partial charge in [-0.3, -0.25) is 9.67 Å². The van der Waals surface area contributed by atoms with Crippen LogP contribution in [0.25, 0.3) is 27.8 Å². The highest BCUT2D eigenvalue weighted by molar-refractivity contribution is 5.83. The molecule has 0 atom stereocenters. The molecule has 5 aromatic rings. The summed E-state index contributed by atoms with van der Waals surface area (Å²) < 4.78 is 3.65. The number of aromatic amines is 1. The Kier molecular flexibility index (Phi) is 3.72. The van der Waals surface area contributed by atoms with E-state index in [4.69, 9.17) is 0 Å². The van der Waals surface area contributed by atoms with Gasteiger partial charge in [-0.25, -0.2) is 4.98 Å². The SMILES string of the molecule is Cn1nc(Nc2cc(-c3cnc4cc[nH]c4c3)cn3ccnc23)cc1C(C)(C)O. The van der Waals surface area contributed by atoms with Gasteiger partial charge in [-0.05, 0) is 32.0 Å². The van der Waals surface area contributed by atoms with Crippen molar-refractivity contribution in [2.24, 2.45) is 7.05 Å². The Hall–Kier alpha value is -3.65. The predicted molar refractivity (Wildman–Crippen MR) is 112 cm³/mol. The summed E-state index contributed by atoms with van der Waals surface area (Å²) in [5.41, 5.74) is 5.26. The van der Waals surface area contributed by atoms with E-state index in [1.165, 1.54) is 0 Å². The third-order valence-electron chi connectivity index (χ3n) is 4.99. The van der Waals surface area contributed by atoms with Crippen molar-refractivity contribution in [2.45, 2.75) is 19.4 Å². The lowest BCUT2D eigenvalue weighted by Crippen LogP contribution is -2.19. The number of anilines is 2. The average Bonchev–Trinajstić information content (AvgIpc) is 3.39. The third-order valence-corrected chi connectivity index (χ3v) is 4.99. The van der Waals surface area contributed by atoms with Gasteiger partial charge in [0, 0.05) is 55.2 Å². The summed E-state index contributed by atoms with van der Waals surface area (Å²) in [7, 11) is 1.82. The molecule has 0 aromatic carbocycles. The summed E-state index contributed by atoms with van der Waals surface area (Å²) in [5.74, 6) is 0.643. The smallest absolute Gasteiger partial charge is 0.160 e. The minimum Gasteiger partial charge on any atom is -0.384 e. The lowest BCUT2D eigenvalue weighted by atomic mass is 10.1. The van der Waals surface area contributed by atoms with E-state index in [2.05, 4.69) is 31.4 Å². The number of pyridine rings is 2. The Bertz CT molecular complexity index is 1340. The Morgan fingerprint density at radius 3 is 2.79 bits per heavy atom. The summed E-state index contributed by atoms with van der Waals surface area (Å²) in [6.07, 6.45) is 9.45. The van der Waals surface area contributed by atoms with Crippen LogP contribution in [0.4, 0.5) is 11.5 Å². The molecule has 0 aliphatic rings. The van der Waals surface area contributed by atoms with E-state index >= 15 is 0 Å². The Balaban J connectivity index is 1.59. The second kappa shape index (κ2) is 6.18. The first kappa shape index (κ1) is 17.4. The Labute approximate surface area is 166 Å². The highest BCUT2D eigenvalue weighted by Crippen LogP contribution is 2.30. The maximum Gasteiger partial charge on any atom is 0.160 e. The maximum atomic E-state index is 10.3. The quantitative estimate of drug-likeness (QED) is 0.438. The molecule has 0 saturated heterocycles. The molecule has 5 aromatic heterocycles. The molecule has 0 aliphatic heterocycles. The van der Waals surface area contributed by atoms with Crippen molar-refractivity contribution in [3.05, 3.63) is 60.9 Å². The molecule has 0 unspecified atom stereocenters. The van der Waals surface area contributed by atoms with E-state index in [9.17, 15) is 5.11 Å². The summed E-state index contributed by atoms with van der Waals surface area (Å²) in [6.45, 7) is 3.48. The van der Waals surface area contributed by atoms with Gasteiger partial charge < -0.3 is 19.8 Å². The van der Waals surface area contributed by atoms with Crippen LogP contribution in [-0.2, 0) is 12.6 Å². The molecule has 3 N–H and O–H groups in total. The zero-order chi connectivity index (χ0) is 20.2. The van der Waals surface area contributed by atoms with E-state index in [0.29, 0.717) is 5.82 Å². The predicted octanol–water partition coefficient (Wildman–Crippen LogP) is 3.58. The van der Waals surface area contributed by atoms with Crippen molar-refractivity contribution in [3.63, 3.8) is 0 Å². The second-order valence-corrected chi connectivity index (χ2v) is 7.66. The van der Waals surface area contributed by atoms with Gasteiger partial charge in [0.05, 0.1) is 22.4 Å². The highest BCUT2D eigenvalue weighted by atomic mass is 16.3. The van der Waals surface area contributed by atoms with Crippen molar-refractivity contribution in [3.8, 4) is 11.1 Å². The first-order valence-electron chi connectivity index (χ1n) is 9.33. The second-order valence-electron chi connectivity index (χ2n) is 7.66. The van der Waals surface area contributed by atoms with Crippen LogP contribution in [-0.4, -0.2) is 34.2 Å². The van der Waals surface area contributed by atoms with Crippen molar-refractivity contribution in [1.82, 2.24) is 29.1 Å². The molecular weight excluding hydrogens is 366 g/mol. The summed E-state index contributed by atoms with van der Waals surface area (Å²) >= 11 is 0. The summed E-state index contributed by atoms with van der Waals surface area (Å²) in [5, 5.41) is 18.2. The number of imidazole rings is 1. The largest absolute Gasteiger partial charge is 0.384 e. The van der Waals surface area contributed by atoms with Crippen LogP contribution in [0.3, 0.4) is 0 Å². The minimum atomic E-state index is -0.983. The molecule has 146 valence electrons. The highest BCUT2D eigenvalue weighted by Gasteiger charge is 2.22. The van der Waals surface area contributed by atoms with Crippen LogP contribution in [0.5, 0.6) is 0 Å². The number of hydrogen-bond donors (Lipinski definition) is 3. The van der Waals surface area contributed by atoms with Crippen molar-refractivity contribution in [2.75, 3.05) is 5.32 Å². The monoisotopic (exact) mass is 387 g/mol. The first-order chi connectivity index (χ1) is 13.9. The standard InChI is InChI=1S/C21H21N7O/c1-21(2,29)18-10-19(26-27(18)3)25-17-9-14(12-28-7-6-23-20(17)28)13-8-16-15(24-11-13)4-5-22-16/h4-12,22,29H,1-3H3,(H,25,26). The molecule has 0 aliphatic carbocycles. The van der Waals surface area contributed by atoms with Crippen LogP contribution in [0.1, 0.15) is 19.5 Å². The third kappa shape index (κ3) is 3.03. The summed E-state index contributed by atoms with van der Waals surface area (Å²) in [4.78, 5) is 12.2. The fraction of sp³-hybridized carbons (Fsp3) is 0.190. The normalized spacial score (nSPS) is 12.1. The molecule has 29 heavy (non-hydrogen) atoms. The Morgan fingerprint density at radius 1 is 1.14 bits per heavy atom. The van der Waals surface area contributed by atoms with Gasteiger partial charge in [0.15, 0.2) is 11.5 Å². The van der Waals surface area contributed by atoms with Crippen LogP contribution in [0.15, 0.2) is 55.2 Å². The van der Waals surface area contributed by atoms with E-state index < -0.39 is 5.60 Å². The van der Waals surface area contributed by atoms with E-state index in [-0.39, 0.29) is 0 Å². The molecule has 0 radical (unpaired) electrons. The number of aromatic nitrogens is 6. The average molecular weight is 387 g/mol. The maximum absolute atomic E-state index is 10.3. The zero-order valence-electron chi connectivity index (χ0n) is 16.4. The number of aliphatic hydroxyl groups is 1. The van der Waals surface area contributed by atoms with E-state index in [1.807, 2.05) is 54.4 Å². The number of aryl methyl sites for hydroxylation is 1. The van der Waals surface area contributed by atoms with Crippen molar-refractivity contribution in [1.29, 1.82) is 0 Å². The Morgan fingerprint density at radius 2 is 2.00 bits per heavy atom. The molecule has 0 spiro atoms. The van der Waals surface area contributed by atoms with Gasteiger partial charge in [0.1, 0.15) is 5.60 Å². The van der Waals surface area contributed by atoms with Crippen LogP contribution in [0.2, 0.25) is 0 Å². The van der Waals surface area contributed by atoms with Gasteiger partial charge in [-0.1, -0.05) is 0 Å². The molecular formula is C21H21N7O. The fourth-order valence-electron chi connectivity index (χ4n) is 3.61. The van der Waals surface area contributed by atoms with Crippen molar-refractivity contribution < 1.29 is 5.11 Å². The summed E-state index contributed by atoms with van der Waals surface area (Å²) in [6, 6.07) is 7.91. The molecule has 5 rings (SSSR count). The van der Waals surface area contributed by atoms with Gasteiger partial charge >= 0.3 is 0 Å². The van der Waals surface area contributed by atoms with Crippen LogP contribution < -0.4 is 5.32 Å². The molecule has 5 heterocycles. The van der Waals surface area contributed by atoms with Crippen LogP contribution in [0, 0.1) is 0 Å². The lowest BCUT2D eigenvalue weighted by molar-refractivity contribution is 0.0696. The fourth-order valence-corrected chi connectivity index (χ4v) is 3.61. The van der Waals surface area contributed by atoms with Gasteiger partial charge in [0.2, 0.25) is 0 Å². The lowest BCUT2D eigenvalue weighted by Gasteiger charge is -2.16. The molecule has 8 heteroatoms. The number of nitrogens with zero attached hydrogens (tertiary/aromatic N) is 5. The molecule has 0 fully saturated rings. The molecule has 8 nitrogen and oxygen atoms in total. The molecule has 0 saturated carbocycles. The topological polar surface area (TPSA) is 96.1 Å². The number of H-pyrrole nitrogens is 1. The minimum absolute atomic E-state index is 0.643. The van der Waals surface area contributed by atoms with Gasteiger partial charge in [0.25, 0.3) is 0 Å². The number of nitrogens with one attached hydrogen (secondary N) is 2. The molecule has 0 amide bonds.